The van der Waals surface area contributed by atoms with Gasteiger partial charge in [-0.05, 0) is 18.6 Å². The fraction of sp³-hybridized carbons (Fsp3) is 0.308. The van der Waals surface area contributed by atoms with Crippen LogP contribution in [0.4, 0.5) is 21.8 Å². The summed E-state index contributed by atoms with van der Waals surface area (Å²) in [5.74, 6) is 0.580. The standard InChI is InChI=1S/C26H25Cl2FN6O4/c1-4-20(36)32-16-5-6-39-12-17(16)33-26-31-9-13-11-35(25-15(23(13)34-26)7-14(29)10-30-25)24-21(27)18(37-2)8-19(38-3)22(24)28/h4,7-10,16-17H,1,5-6,11-12H2,2-3H3,(H,32,36)(H,31,33,34). The molecule has 1 aromatic carbocycles. The molecular weight excluding hydrogens is 550 g/mol. The summed E-state index contributed by atoms with van der Waals surface area (Å²) in [5, 5.41) is 6.65. The van der Waals surface area contributed by atoms with Crippen molar-refractivity contribution < 1.29 is 23.4 Å². The summed E-state index contributed by atoms with van der Waals surface area (Å²) in [6, 6.07) is 2.44. The number of fused-ring (bicyclic) bond motifs is 3. The van der Waals surface area contributed by atoms with Gasteiger partial charge < -0.3 is 29.7 Å². The minimum absolute atomic E-state index is 0.210. The second-order valence-electron chi connectivity index (χ2n) is 8.87. The first-order valence-corrected chi connectivity index (χ1v) is 12.8. The average molecular weight is 575 g/mol. The molecule has 2 unspecified atom stereocenters. The Hall–Kier alpha value is -3.67. The largest absolute Gasteiger partial charge is 0.495 e. The number of anilines is 3. The maximum atomic E-state index is 14.5. The van der Waals surface area contributed by atoms with E-state index in [1.54, 1.807) is 17.2 Å². The lowest BCUT2D eigenvalue weighted by Crippen LogP contribution is -2.52. The highest BCUT2D eigenvalue weighted by atomic mass is 35.5. The van der Waals surface area contributed by atoms with E-state index in [1.165, 1.54) is 26.4 Å². The molecule has 2 aliphatic heterocycles. The molecule has 3 aromatic rings. The molecule has 0 aliphatic carbocycles. The lowest BCUT2D eigenvalue weighted by Gasteiger charge is -2.34. The predicted molar refractivity (Wildman–Crippen MR) is 146 cm³/mol. The van der Waals surface area contributed by atoms with Gasteiger partial charge in [-0.2, -0.15) is 0 Å². The number of aromatic nitrogens is 3. The van der Waals surface area contributed by atoms with Gasteiger partial charge in [0.25, 0.3) is 0 Å². The molecule has 2 N–H and O–H groups in total. The van der Waals surface area contributed by atoms with Gasteiger partial charge in [0.05, 0.1) is 57.0 Å². The maximum Gasteiger partial charge on any atom is 0.243 e. The number of nitrogens with one attached hydrogen (secondary N) is 2. The Bertz CT molecular complexity index is 1410. The summed E-state index contributed by atoms with van der Waals surface area (Å²) in [6.07, 6.45) is 4.59. The van der Waals surface area contributed by atoms with E-state index in [4.69, 9.17) is 42.4 Å². The molecule has 1 saturated heterocycles. The van der Waals surface area contributed by atoms with Crippen molar-refractivity contribution in [1.29, 1.82) is 0 Å². The number of nitrogens with zero attached hydrogens (tertiary/aromatic N) is 4. The average Bonchev–Trinajstić information content (AvgIpc) is 2.94. The number of carbonyl (C=O) groups is 1. The quantitative estimate of drug-likeness (QED) is 0.393. The smallest absolute Gasteiger partial charge is 0.243 e. The van der Waals surface area contributed by atoms with Crippen LogP contribution < -0.4 is 25.0 Å². The van der Waals surface area contributed by atoms with Crippen molar-refractivity contribution in [3.05, 3.63) is 58.6 Å². The van der Waals surface area contributed by atoms with Crippen LogP contribution in [0.5, 0.6) is 11.5 Å². The van der Waals surface area contributed by atoms with Crippen LogP contribution in [0.15, 0.2) is 37.2 Å². The topological polar surface area (TPSA) is 111 Å². The van der Waals surface area contributed by atoms with Crippen LogP contribution in [0.2, 0.25) is 10.0 Å². The van der Waals surface area contributed by atoms with Crippen LogP contribution in [0.25, 0.3) is 11.3 Å². The molecule has 39 heavy (non-hydrogen) atoms. The van der Waals surface area contributed by atoms with Crippen molar-refractivity contribution in [1.82, 2.24) is 20.3 Å². The van der Waals surface area contributed by atoms with Crippen LogP contribution in [0.1, 0.15) is 12.0 Å². The summed E-state index contributed by atoms with van der Waals surface area (Å²) >= 11 is 13.4. The van der Waals surface area contributed by atoms with Crippen LogP contribution >= 0.6 is 23.2 Å². The summed E-state index contributed by atoms with van der Waals surface area (Å²) < 4.78 is 30.9. The van der Waals surface area contributed by atoms with Crippen LogP contribution in [0, 0.1) is 5.82 Å². The zero-order valence-corrected chi connectivity index (χ0v) is 22.6. The van der Waals surface area contributed by atoms with Crippen molar-refractivity contribution in [3.8, 4) is 22.8 Å². The summed E-state index contributed by atoms with van der Waals surface area (Å²) in [6.45, 7) is 4.61. The third-order valence-corrected chi connectivity index (χ3v) is 7.27. The van der Waals surface area contributed by atoms with Crippen LogP contribution in [0.3, 0.4) is 0 Å². The van der Waals surface area contributed by atoms with E-state index in [1.807, 2.05) is 0 Å². The van der Waals surface area contributed by atoms with Gasteiger partial charge in [0.15, 0.2) is 0 Å². The number of ether oxygens (including phenoxy) is 3. The van der Waals surface area contributed by atoms with E-state index >= 15 is 0 Å². The van der Waals surface area contributed by atoms with Gasteiger partial charge in [0.1, 0.15) is 33.2 Å². The Morgan fingerprint density at radius 1 is 1.18 bits per heavy atom. The van der Waals surface area contributed by atoms with E-state index in [0.29, 0.717) is 65.4 Å². The second kappa shape index (κ2) is 11.2. The number of carbonyl (C=O) groups excluding carboxylic acids is 1. The molecule has 5 rings (SSSR count). The molecule has 13 heteroatoms. The molecule has 1 amide bonds. The number of methoxy groups -OCH3 is 2. The van der Waals surface area contributed by atoms with Crippen LogP contribution in [-0.4, -0.2) is 60.4 Å². The van der Waals surface area contributed by atoms with Gasteiger partial charge in [-0.3, -0.25) is 4.79 Å². The number of halogens is 3. The SMILES string of the molecule is C=CC(=O)NC1CCOCC1Nc1ncc2c(n1)-c1cc(F)cnc1N(c1c(Cl)c(OC)cc(OC)c1Cl)C2. The van der Waals surface area contributed by atoms with Gasteiger partial charge >= 0.3 is 0 Å². The predicted octanol–water partition coefficient (Wildman–Crippen LogP) is 4.53. The highest BCUT2D eigenvalue weighted by Crippen LogP contribution is 2.51. The molecule has 0 radical (unpaired) electrons. The number of hydrogen-bond donors (Lipinski definition) is 2. The van der Waals surface area contributed by atoms with Gasteiger partial charge in [-0.1, -0.05) is 29.8 Å². The number of benzene rings is 1. The van der Waals surface area contributed by atoms with E-state index in [-0.39, 0.29) is 34.6 Å². The fourth-order valence-corrected chi connectivity index (χ4v) is 5.35. The molecule has 2 aliphatic rings. The van der Waals surface area contributed by atoms with E-state index in [2.05, 4.69) is 27.2 Å². The van der Waals surface area contributed by atoms with E-state index in [9.17, 15) is 9.18 Å². The number of rotatable bonds is 7. The lowest BCUT2D eigenvalue weighted by molar-refractivity contribution is -0.117. The fourth-order valence-electron chi connectivity index (χ4n) is 4.65. The first kappa shape index (κ1) is 26.9. The van der Waals surface area contributed by atoms with Crippen molar-refractivity contribution >= 4 is 46.6 Å². The normalized spacial score (nSPS) is 18.0. The zero-order chi connectivity index (χ0) is 27.7. The molecule has 0 bridgehead atoms. The van der Waals surface area contributed by atoms with Crippen LogP contribution in [-0.2, 0) is 16.1 Å². The molecule has 2 aromatic heterocycles. The van der Waals surface area contributed by atoms with Gasteiger partial charge in [-0.15, -0.1) is 0 Å². The molecule has 2 atom stereocenters. The summed E-state index contributed by atoms with van der Waals surface area (Å²) in [4.78, 5) is 27.2. The van der Waals surface area contributed by atoms with Crippen molar-refractivity contribution in [3.63, 3.8) is 0 Å². The molecule has 1 fully saturated rings. The Balaban J connectivity index is 1.54. The summed E-state index contributed by atoms with van der Waals surface area (Å²) in [7, 11) is 2.97. The second-order valence-corrected chi connectivity index (χ2v) is 9.63. The Morgan fingerprint density at radius 2 is 1.92 bits per heavy atom. The van der Waals surface area contributed by atoms with Gasteiger partial charge in [-0.25, -0.2) is 19.3 Å². The molecule has 0 spiro atoms. The monoisotopic (exact) mass is 574 g/mol. The van der Waals surface area contributed by atoms with Crippen molar-refractivity contribution in [2.24, 2.45) is 0 Å². The first-order chi connectivity index (χ1) is 18.8. The zero-order valence-electron chi connectivity index (χ0n) is 21.1. The number of pyridine rings is 1. The summed E-state index contributed by atoms with van der Waals surface area (Å²) in [5.41, 5.74) is 2.00. The van der Waals surface area contributed by atoms with E-state index in [0.717, 1.165) is 6.20 Å². The minimum atomic E-state index is -0.539. The Labute approximate surface area is 234 Å². The number of amides is 1. The first-order valence-electron chi connectivity index (χ1n) is 12.0. The van der Waals surface area contributed by atoms with Gasteiger partial charge in [0, 0.05) is 30.0 Å². The van der Waals surface area contributed by atoms with Gasteiger partial charge in [0.2, 0.25) is 11.9 Å². The maximum absolute atomic E-state index is 14.5. The lowest BCUT2D eigenvalue weighted by atomic mass is 10.0. The Morgan fingerprint density at radius 3 is 2.62 bits per heavy atom. The molecule has 10 nitrogen and oxygen atoms in total. The Kier molecular flexibility index (Phi) is 7.74. The molecular formula is C26H25Cl2FN6O4. The third-order valence-electron chi connectivity index (χ3n) is 6.54. The third kappa shape index (κ3) is 5.17. The highest BCUT2D eigenvalue weighted by Gasteiger charge is 2.33. The molecule has 0 saturated carbocycles. The molecule has 204 valence electrons. The van der Waals surface area contributed by atoms with Crippen molar-refractivity contribution in [2.75, 3.05) is 37.7 Å². The minimum Gasteiger partial charge on any atom is -0.495 e. The van der Waals surface area contributed by atoms with Crippen molar-refractivity contribution in [2.45, 2.75) is 25.0 Å². The number of hydrogen-bond acceptors (Lipinski definition) is 9. The highest BCUT2D eigenvalue weighted by molar-refractivity contribution is 6.41. The molecule has 4 heterocycles. The van der Waals surface area contributed by atoms with E-state index < -0.39 is 5.82 Å².